The highest BCUT2D eigenvalue weighted by Crippen LogP contribution is 2.21. The molecule has 0 bridgehead atoms. The minimum atomic E-state index is -0.151. The van der Waals surface area contributed by atoms with Crippen LogP contribution >= 0.6 is 0 Å². The zero-order valence-electron chi connectivity index (χ0n) is 9.72. The van der Waals surface area contributed by atoms with Crippen molar-refractivity contribution in [2.24, 2.45) is 0 Å². The third-order valence-corrected chi connectivity index (χ3v) is 3.03. The Morgan fingerprint density at radius 3 is 2.88 bits per heavy atom. The maximum Gasteiger partial charge on any atom is 0.123 e. The second-order valence-corrected chi connectivity index (χ2v) is 4.31. The van der Waals surface area contributed by atoms with Gasteiger partial charge in [-0.25, -0.2) is 4.39 Å². The standard InChI is InChI=1S/C14H18FN/c1-2-3-4-5-6-11-10-16-14-8-7-12(15)9-13(11)14/h7-10,16H,2-6H2,1H3. The fraction of sp³-hybridized carbons (Fsp3) is 0.429. The van der Waals surface area contributed by atoms with Crippen molar-refractivity contribution in [3.05, 3.63) is 35.8 Å². The van der Waals surface area contributed by atoms with E-state index in [1.807, 2.05) is 6.20 Å². The maximum atomic E-state index is 13.1. The molecule has 0 radical (unpaired) electrons. The smallest absolute Gasteiger partial charge is 0.123 e. The van der Waals surface area contributed by atoms with Crippen LogP contribution in [0.3, 0.4) is 0 Å². The zero-order chi connectivity index (χ0) is 11.4. The molecule has 0 atom stereocenters. The van der Waals surface area contributed by atoms with Gasteiger partial charge in [0.1, 0.15) is 5.82 Å². The Balaban J connectivity index is 2.09. The number of H-pyrrole nitrogens is 1. The summed E-state index contributed by atoms with van der Waals surface area (Å²) in [6, 6.07) is 4.93. The molecule has 1 N–H and O–H groups in total. The van der Waals surface area contributed by atoms with Gasteiger partial charge in [0.05, 0.1) is 0 Å². The highest BCUT2D eigenvalue weighted by Gasteiger charge is 2.04. The molecule has 0 fully saturated rings. The summed E-state index contributed by atoms with van der Waals surface area (Å²) in [4.78, 5) is 3.19. The zero-order valence-corrected chi connectivity index (χ0v) is 9.72. The molecule has 1 heterocycles. The van der Waals surface area contributed by atoms with Crippen molar-refractivity contribution in [3.8, 4) is 0 Å². The number of benzene rings is 1. The minimum absolute atomic E-state index is 0.151. The first-order valence-electron chi connectivity index (χ1n) is 6.07. The van der Waals surface area contributed by atoms with E-state index in [2.05, 4.69) is 11.9 Å². The maximum absolute atomic E-state index is 13.1. The van der Waals surface area contributed by atoms with E-state index in [0.29, 0.717) is 0 Å². The lowest BCUT2D eigenvalue weighted by atomic mass is 10.1. The normalized spacial score (nSPS) is 11.1. The average Bonchev–Trinajstić information content (AvgIpc) is 2.67. The molecule has 0 saturated heterocycles. The highest BCUT2D eigenvalue weighted by atomic mass is 19.1. The highest BCUT2D eigenvalue weighted by molar-refractivity contribution is 5.83. The third kappa shape index (κ3) is 2.43. The van der Waals surface area contributed by atoms with Gasteiger partial charge in [0, 0.05) is 17.1 Å². The van der Waals surface area contributed by atoms with Gasteiger partial charge >= 0.3 is 0 Å². The van der Waals surface area contributed by atoms with Crippen LogP contribution in [0.15, 0.2) is 24.4 Å². The van der Waals surface area contributed by atoms with E-state index in [-0.39, 0.29) is 5.82 Å². The SMILES string of the molecule is CCCCCCc1c[nH]c2ccc(F)cc12. The van der Waals surface area contributed by atoms with Crippen LogP contribution < -0.4 is 0 Å². The molecule has 1 aromatic carbocycles. The summed E-state index contributed by atoms with van der Waals surface area (Å²) in [5, 5.41) is 1.04. The van der Waals surface area contributed by atoms with Crippen LogP contribution in [0.2, 0.25) is 0 Å². The van der Waals surface area contributed by atoms with E-state index in [1.165, 1.54) is 37.3 Å². The van der Waals surface area contributed by atoms with Crippen molar-refractivity contribution in [2.75, 3.05) is 0 Å². The van der Waals surface area contributed by atoms with E-state index in [9.17, 15) is 4.39 Å². The first-order chi connectivity index (χ1) is 7.81. The van der Waals surface area contributed by atoms with Crippen molar-refractivity contribution in [2.45, 2.75) is 39.0 Å². The van der Waals surface area contributed by atoms with E-state index in [0.717, 1.165) is 17.3 Å². The Labute approximate surface area is 95.7 Å². The predicted molar refractivity (Wildman–Crippen MR) is 66.1 cm³/mol. The molecular weight excluding hydrogens is 201 g/mol. The monoisotopic (exact) mass is 219 g/mol. The number of nitrogens with one attached hydrogen (secondary N) is 1. The van der Waals surface area contributed by atoms with E-state index in [1.54, 1.807) is 12.1 Å². The molecule has 1 aromatic heterocycles. The molecule has 0 saturated carbocycles. The van der Waals surface area contributed by atoms with Gasteiger partial charge in [-0.1, -0.05) is 26.2 Å². The second-order valence-electron chi connectivity index (χ2n) is 4.31. The lowest BCUT2D eigenvalue weighted by Gasteiger charge is -1.99. The van der Waals surface area contributed by atoms with Gasteiger partial charge < -0.3 is 4.98 Å². The number of halogens is 1. The Kier molecular flexibility index (Phi) is 3.60. The lowest BCUT2D eigenvalue weighted by molar-refractivity contribution is 0.629. The van der Waals surface area contributed by atoms with Crippen LogP contribution in [-0.2, 0) is 6.42 Å². The van der Waals surface area contributed by atoms with Crippen molar-refractivity contribution in [3.63, 3.8) is 0 Å². The van der Waals surface area contributed by atoms with Crippen LogP contribution in [0.4, 0.5) is 4.39 Å². The van der Waals surface area contributed by atoms with Gasteiger partial charge in [-0.3, -0.25) is 0 Å². The molecule has 0 aliphatic rings. The predicted octanol–water partition coefficient (Wildman–Crippen LogP) is 4.43. The molecule has 86 valence electrons. The molecule has 0 aliphatic heterocycles. The average molecular weight is 219 g/mol. The number of aryl methyl sites for hydroxylation is 1. The summed E-state index contributed by atoms with van der Waals surface area (Å²) in [7, 11) is 0. The summed E-state index contributed by atoms with van der Waals surface area (Å²) in [6.45, 7) is 2.21. The molecule has 2 heteroatoms. The van der Waals surface area contributed by atoms with Crippen molar-refractivity contribution in [1.29, 1.82) is 0 Å². The Morgan fingerprint density at radius 2 is 2.06 bits per heavy atom. The molecule has 0 aliphatic carbocycles. The third-order valence-electron chi connectivity index (χ3n) is 3.03. The number of aromatic amines is 1. The molecular formula is C14H18FN. The van der Waals surface area contributed by atoms with Crippen molar-refractivity contribution >= 4 is 10.9 Å². The molecule has 2 rings (SSSR count). The van der Waals surface area contributed by atoms with Gasteiger partial charge in [0.2, 0.25) is 0 Å². The molecule has 0 unspecified atom stereocenters. The molecule has 0 amide bonds. The number of rotatable bonds is 5. The molecule has 2 aromatic rings. The first kappa shape index (κ1) is 11.2. The van der Waals surface area contributed by atoms with Gasteiger partial charge in [0.15, 0.2) is 0 Å². The fourth-order valence-corrected chi connectivity index (χ4v) is 2.10. The van der Waals surface area contributed by atoms with Crippen molar-refractivity contribution < 1.29 is 4.39 Å². The van der Waals surface area contributed by atoms with E-state index in [4.69, 9.17) is 0 Å². The first-order valence-corrected chi connectivity index (χ1v) is 6.07. The lowest BCUT2D eigenvalue weighted by Crippen LogP contribution is -1.84. The van der Waals surface area contributed by atoms with Crippen LogP contribution in [0.25, 0.3) is 10.9 Å². The summed E-state index contributed by atoms with van der Waals surface area (Å²) in [5.41, 5.74) is 2.28. The topological polar surface area (TPSA) is 15.8 Å². The van der Waals surface area contributed by atoms with Gasteiger partial charge in [-0.2, -0.15) is 0 Å². The number of aromatic nitrogens is 1. The molecule has 1 nitrogen and oxygen atoms in total. The summed E-state index contributed by atoms with van der Waals surface area (Å²) in [5.74, 6) is -0.151. The summed E-state index contributed by atoms with van der Waals surface area (Å²) in [6.07, 6.45) is 8.05. The number of hydrogen-bond donors (Lipinski definition) is 1. The van der Waals surface area contributed by atoms with E-state index >= 15 is 0 Å². The van der Waals surface area contributed by atoms with E-state index < -0.39 is 0 Å². The Bertz CT molecular complexity index is 459. The van der Waals surface area contributed by atoms with Crippen LogP contribution in [0.1, 0.15) is 38.2 Å². The van der Waals surface area contributed by atoms with Gasteiger partial charge in [-0.05, 0) is 36.6 Å². The molecule has 0 spiro atoms. The van der Waals surface area contributed by atoms with Crippen LogP contribution in [0.5, 0.6) is 0 Å². The quantitative estimate of drug-likeness (QED) is 0.716. The molecule has 16 heavy (non-hydrogen) atoms. The summed E-state index contributed by atoms with van der Waals surface area (Å²) >= 11 is 0. The number of fused-ring (bicyclic) bond motifs is 1. The fourth-order valence-electron chi connectivity index (χ4n) is 2.10. The van der Waals surface area contributed by atoms with Crippen LogP contribution in [-0.4, -0.2) is 4.98 Å². The summed E-state index contributed by atoms with van der Waals surface area (Å²) < 4.78 is 13.1. The van der Waals surface area contributed by atoms with Gasteiger partial charge in [-0.15, -0.1) is 0 Å². The number of hydrogen-bond acceptors (Lipinski definition) is 0. The Hall–Kier alpha value is -1.31. The Morgan fingerprint density at radius 1 is 1.19 bits per heavy atom. The van der Waals surface area contributed by atoms with Crippen molar-refractivity contribution in [1.82, 2.24) is 4.98 Å². The van der Waals surface area contributed by atoms with Crippen LogP contribution in [0, 0.1) is 5.82 Å². The second kappa shape index (κ2) is 5.15. The number of unbranched alkanes of at least 4 members (excludes halogenated alkanes) is 3. The van der Waals surface area contributed by atoms with Gasteiger partial charge in [0.25, 0.3) is 0 Å². The largest absolute Gasteiger partial charge is 0.361 e. The minimum Gasteiger partial charge on any atom is -0.361 e.